The van der Waals surface area contributed by atoms with Crippen LogP contribution in [0.5, 0.6) is 0 Å². The topological polar surface area (TPSA) is 49.5 Å². The van der Waals surface area contributed by atoms with Crippen LogP contribution < -0.4 is 5.73 Å². The van der Waals surface area contributed by atoms with E-state index in [0.717, 1.165) is 13.1 Å². The molecule has 0 bridgehead atoms. The molecule has 0 aliphatic carbocycles. The summed E-state index contributed by atoms with van der Waals surface area (Å²) in [5.74, 6) is -0.450. The largest absolute Gasteiger partial charge is 0.396 e. The molecule has 0 fully saturated rings. The van der Waals surface area contributed by atoms with Crippen molar-refractivity contribution in [3.05, 3.63) is 65.5 Å². The van der Waals surface area contributed by atoms with E-state index in [2.05, 4.69) is 30.9 Å². The second kappa shape index (κ2) is 8.09. The first-order chi connectivity index (χ1) is 11.0. The third-order valence-electron chi connectivity index (χ3n) is 4.05. The van der Waals surface area contributed by atoms with E-state index in [9.17, 15) is 9.50 Å². The van der Waals surface area contributed by atoms with Gasteiger partial charge < -0.3 is 10.8 Å². The molecule has 0 saturated heterocycles. The zero-order valence-corrected chi connectivity index (χ0v) is 13.7. The van der Waals surface area contributed by atoms with Crippen LogP contribution in [0.25, 0.3) is 0 Å². The van der Waals surface area contributed by atoms with Gasteiger partial charge in [0.2, 0.25) is 0 Å². The smallest absolute Gasteiger partial charge is 0.146 e. The van der Waals surface area contributed by atoms with Crippen LogP contribution in [0, 0.1) is 5.82 Å². The van der Waals surface area contributed by atoms with Crippen molar-refractivity contribution in [3.8, 4) is 0 Å². The Hall–Kier alpha value is -1.91. The van der Waals surface area contributed by atoms with Crippen LogP contribution in [0.2, 0.25) is 0 Å². The van der Waals surface area contributed by atoms with E-state index < -0.39 is 11.9 Å². The van der Waals surface area contributed by atoms with Gasteiger partial charge in [0.05, 0.1) is 11.8 Å². The first kappa shape index (κ1) is 17.4. The van der Waals surface area contributed by atoms with Crippen LogP contribution in [-0.2, 0) is 6.54 Å². The quantitative estimate of drug-likeness (QED) is 0.765. The zero-order valence-electron chi connectivity index (χ0n) is 13.7. The Kier molecular flexibility index (Phi) is 6.13. The molecule has 2 aromatic carbocycles. The third kappa shape index (κ3) is 5.05. The van der Waals surface area contributed by atoms with Crippen LogP contribution in [0.4, 0.5) is 10.1 Å². The van der Waals surface area contributed by atoms with Gasteiger partial charge in [-0.1, -0.05) is 36.4 Å². The zero-order chi connectivity index (χ0) is 16.8. The minimum absolute atomic E-state index is 0.0755. The van der Waals surface area contributed by atoms with Crippen molar-refractivity contribution in [2.24, 2.45) is 0 Å². The summed E-state index contributed by atoms with van der Waals surface area (Å²) in [4.78, 5) is 2.31. The minimum atomic E-state index is -0.644. The molecule has 2 aromatic rings. The fourth-order valence-electron chi connectivity index (χ4n) is 2.56. The van der Waals surface area contributed by atoms with Crippen LogP contribution in [0.15, 0.2) is 48.5 Å². The van der Waals surface area contributed by atoms with E-state index >= 15 is 0 Å². The third-order valence-corrected chi connectivity index (χ3v) is 4.05. The molecule has 0 aliphatic heterocycles. The minimum Gasteiger partial charge on any atom is -0.396 e. The first-order valence-corrected chi connectivity index (χ1v) is 7.98. The first-order valence-electron chi connectivity index (χ1n) is 7.98. The molecule has 1 atom stereocenters. The molecule has 2 rings (SSSR count). The normalized spacial score (nSPS) is 12.8. The van der Waals surface area contributed by atoms with Gasteiger partial charge in [0.1, 0.15) is 5.82 Å². The number of rotatable bonds is 7. The van der Waals surface area contributed by atoms with Crippen molar-refractivity contribution in [2.45, 2.75) is 39.0 Å². The van der Waals surface area contributed by atoms with Gasteiger partial charge in [-0.2, -0.15) is 0 Å². The summed E-state index contributed by atoms with van der Waals surface area (Å²) >= 11 is 0. The SMILES string of the molecule is CC(C)N(CCC(O)c1ccc(F)c(N)c1)Cc1ccccc1. The highest BCUT2D eigenvalue weighted by Gasteiger charge is 2.15. The van der Waals surface area contributed by atoms with E-state index in [1.54, 1.807) is 6.07 Å². The average molecular weight is 316 g/mol. The molecule has 0 amide bonds. The number of hydrogen-bond donors (Lipinski definition) is 2. The van der Waals surface area contributed by atoms with Crippen LogP contribution in [0.3, 0.4) is 0 Å². The van der Waals surface area contributed by atoms with Crippen molar-refractivity contribution >= 4 is 5.69 Å². The Labute approximate surface area is 137 Å². The Morgan fingerprint density at radius 3 is 2.43 bits per heavy atom. The van der Waals surface area contributed by atoms with Gasteiger partial charge in [-0.05, 0) is 43.5 Å². The van der Waals surface area contributed by atoms with Gasteiger partial charge in [-0.25, -0.2) is 4.39 Å². The fourth-order valence-corrected chi connectivity index (χ4v) is 2.56. The molecule has 0 radical (unpaired) electrons. The molecular weight excluding hydrogens is 291 g/mol. The molecule has 23 heavy (non-hydrogen) atoms. The maximum atomic E-state index is 13.2. The van der Waals surface area contributed by atoms with Crippen LogP contribution in [-0.4, -0.2) is 22.6 Å². The van der Waals surface area contributed by atoms with E-state index in [1.165, 1.54) is 17.7 Å². The molecule has 3 N–H and O–H groups in total. The highest BCUT2D eigenvalue weighted by atomic mass is 19.1. The molecule has 0 spiro atoms. The van der Waals surface area contributed by atoms with E-state index in [0.29, 0.717) is 18.0 Å². The van der Waals surface area contributed by atoms with Crippen LogP contribution in [0.1, 0.15) is 37.5 Å². The van der Waals surface area contributed by atoms with Crippen molar-refractivity contribution in [2.75, 3.05) is 12.3 Å². The van der Waals surface area contributed by atoms with Crippen molar-refractivity contribution in [1.82, 2.24) is 4.90 Å². The van der Waals surface area contributed by atoms with Crippen molar-refractivity contribution in [3.63, 3.8) is 0 Å². The number of aliphatic hydroxyl groups excluding tert-OH is 1. The molecule has 3 nitrogen and oxygen atoms in total. The number of anilines is 1. The summed E-state index contributed by atoms with van der Waals surface area (Å²) in [6, 6.07) is 15.1. The highest BCUT2D eigenvalue weighted by molar-refractivity contribution is 5.43. The maximum Gasteiger partial charge on any atom is 0.146 e. The van der Waals surface area contributed by atoms with Crippen molar-refractivity contribution in [1.29, 1.82) is 0 Å². The Balaban J connectivity index is 1.96. The number of benzene rings is 2. The Morgan fingerprint density at radius 2 is 1.83 bits per heavy atom. The Morgan fingerprint density at radius 1 is 1.13 bits per heavy atom. The molecule has 0 saturated carbocycles. The summed E-state index contributed by atoms with van der Waals surface area (Å²) in [7, 11) is 0. The summed E-state index contributed by atoms with van der Waals surface area (Å²) in [6.45, 7) is 5.89. The molecule has 1 unspecified atom stereocenters. The lowest BCUT2D eigenvalue weighted by Crippen LogP contribution is -2.32. The highest BCUT2D eigenvalue weighted by Crippen LogP contribution is 2.22. The lowest BCUT2D eigenvalue weighted by molar-refractivity contribution is 0.127. The summed E-state index contributed by atoms with van der Waals surface area (Å²) in [5.41, 5.74) is 7.55. The van der Waals surface area contributed by atoms with Gasteiger partial charge in [-0.15, -0.1) is 0 Å². The van der Waals surface area contributed by atoms with Gasteiger partial charge in [-0.3, -0.25) is 4.90 Å². The number of hydrogen-bond acceptors (Lipinski definition) is 3. The molecule has 0 aliphatic rings. The molecule has 4 heteroatoms. The van der Waals surface area contributed by atoms with Crippen LogP contribution >= 0.6 is 0 Å². The monoisotopic (exact) mass is 316 g/mol. The molecule has 0 aromatic heterocycles. The molecule has 0 heterocycles. The van der Waals surface area contributed by atoms with E-state index in [-0.39, 0.29) is 5.69 Å². The Bertz CT molecular complexity index is 616. The molecule has 124 valence electrons. The number of nitrogens with zero attached hydrogens (tertiary/aromatic N) is 1. The van der Waals surface area contributed by atoms with Crippen molar-refractivity contribution < 1.29 is 9.50 Å². The molecular formula is C19H25FN2O. The summed E-state index contributed by atoms with van der Waals surface area (Å²) in [5, 5.41) is 10.3. The summed E-state index contributed by atoms with van der Waals surface area (Å²) in [6.07, 6.45) is -0.0641. The summed E-state index contributed by atoms with van der Waals surface area (Å²) < 4.78 is 13.2. The fraction of sp³-hybridized carbons (Fsp3) is 0.368. The number of aliphatic hydroxyl groups is 1. The number of nitrogens with two attached hydrogens (primary N) is 1. The predicted molar refractivity (Wildman–Crippen MR) is 92.4 cm³/mol. The second-order valence-corrected chi connectivity index (χ2v) is 6.14. The standard InChI is InChI=1S/C19H25FN2O/c1-14(2)22(13-15-6-4-3-5-7-15)11-10-19(23)16-8-9-17(20)18(21)12-16/h3-9,12,14,19,23H,10-11,13,21H2,1-2H3. The van der Waals surface area contributed by atoms with Gasteiger partial charge in [0.25, 0.3) is 0 Å². The maximum absolute atomic E-state index is 13.2. The number of nitrogen functional groups attached to an aromatic ring is 1. The van der Waals surface area contributed by atoms with Gasteiger partial charge in [0.15, 0.2) is 0 Å². The van der Waals surface area contributed by atoms with E-state index in [4.69, 9.17) is 5.73 Å². The number of halogens is 1. The lowest BCUT2D eigenvalue weighted by Gasteiger charge is -2.27. The van der Waals surface area contributed by atoms with Gasteiger partial charge >= 0.3 is 0 Å². The predicted octanol–water partition coefficient (Wildman–Crippen LogP) is 3.74. The van der Waals surface area contributed by atoms with E-state index in [1.807, 2.05) is 18.2 Å². The van der Waals surface area contributed by atoms with Gasteiger partial charge in [0, 0.05) is 19.1 Å². The average Bonchev–Trinajstić information content (AvgIpc) is 2.54. The second-order valence-electron chi connectivity index (χ2n) is 6.14. The lowest BCUT2D eigenvalue weighted by atomic mass is 10.0.